The Bertz CT molecular complexity index is 533. The van der Waals surface area contributed by atoms with Crippen molar-refractivity contribution in [3.63, 3.8) is 0 Å². The molecule has 0 aromatic heterocycles. The van der Waals surface area contributed by atoms with Crippen molar-refractivity contribution < 1.29 is 14.6 Å². The van der Waals surface area contributed by atoms with Crippen LogP contribution in [-0.2, 0) is 11.2 Å². The zero-order chi connectivity index (χ0) is 16.6. The van der Waals surface area contributed by atoms with Gasteiger partial charge in [0, 0.05) is 6.42 Å². The molecule has 1 aromatic rings. The van der Waals surface area contributed by atoms with Gasteiger partial charge in [-0.15, -0.1) is 0 Å². The van der Waals surface area contributed by atoms with E-state index in [0.29, 0.717) is 6.42 Å². The van der Waals surface area contributed by atoms with E-state index < -0.39 is 17.3 Å². The van der Waals surface area contributed by atoms with E-state index in [-0.39, 0.29) is 6.54 Å². The summed E-state index contributed by atoms with van der Waals surface area (Å²) in [5.74, 6) is 5.74. The van der Waals surface area contributed by atoms with Crippen molar-refractivity contribution in [3.8, 4) is 11.8 Å². The van der Waals surface area contributed by atoms with Gasteiger partial charge in [0.1, 0.15) is 11.2 Å². The maximum Gasteiger partial charge on any atom is 0.407 e. The fraction of sp³-hybridized carbons (Fsp3) is 0.500. The highest BCUT2D eigenvalue weighted by molar-refractivity contribution is 5.67. The minimum absolute atomic E-state index is 0.0280. The number of benzene rings is 1. The molecule has 1 atom stereocenters. The van der Waals surface area contributed by atoms with Crippen molar-refractivity contribution in [3.05, 3.63) is 35.9 Å². The number of aliphatic hydroxyl groups is 1. The first-order valence-corrected chi connectivity index (χ1v) is 7.41. The van der Waals surface area contributed by atoms with Gasteiger partial charge < -0.3 is 15.2 Å². The number of hydrogen-bond donors (Lipinski definition) is 2. The second kappa shape index (κ2) is 7.86. The minimum atomic E-state index is -1.27. The quantitative estimate of drug-likeness (QED) is 0.841. The predicted octanol–water partition coefficient (Wildman–Crippen LogP) is 2.90. The minimum Gasteiger partial charge on any atom is -0.444 e. The lowest BCUT2D eigenvalue weighted by Gasteiger charge is -2.22. The summed E-state index contributed by atoms with van der Waals surface area (Å²) in [7, 11) is 0. The maximum absolute atomic E-state index is 11.5. The highest BCUT2D eigenvalue weighted by Crippen LogP contribution is 2.07. The van der Waals surface area contributed by atoms with Gasteiger partial charge in [-0.3, -0.25) is 0 Å². The van der Waals surface area contributed by atoms with E-state index in [2.05, 4.69) is 17.2 Å². The molecule has 1 rings (SSSR count). The number of hydrogen-bond acceptors (Lipinski definition) is 3. The molecule has 0 saturated carbocycles. The normalized spacial score (nSPS) is 13.5. The molecule has 1 aromatic carbocycles. The summed E-state index contributed by atoms with van der Waals surface area (Å²) in [6.07, 6.45) is 0.939. The third-order valence-electron chi connectivity index (χ3n) is 2.72. The van der Waals surface area contributed by atoms with Gasteiger partial charge in [-0.2, -0.15) is 0 Å². The Balaban J connectivity index is 2.37. The summed E-state index contributed by atoms with van der Waals surface area (Å²) in [5, 5.41) is 12.6. The van der Waals surface area contributed by atoms with Gasteiger partial charge in [-0.1, -0.05) is 42.2 Å². The third kappa shape index (κ3) is 8.33. The van der Waals surface area contributed by atoms with Gasteiger partial charge >= 0.3 is 6.09 Å². The maximum atomic E-state index is 11.5. The highest BCUT2D eigenvalue weighted by Gasteiger charge is 2.21. The van der Waals surface area contributed by atoms with Gasteiger partial charge in [-0.05, 0) is 39.7 Å². The highest BCUT2D eigenvalue weighted by atomic mass is 16.6. The number of nitrogens with one attached hydrogen (secondary N) is 1. The van der Waals surface area contributed by atoms with E-state index >= 15 is 0 Å². The number of carbonyl (C=O) groups is 1. The molecule has 0 bridgehead atoms. The van der Waals surface area contributed by atoms with Crippen LogP contribution in [0.2, 0.25) is 0 Å². The Morgan fingerprint density at radius 3 is 2.45 bits per heavy atom. The second-order valence-electron chi connectivity index (χ2n) is 6.42. The molecule has 4 nitrogen and oxygen atoms in total. The lowest BCUT2D eigenvalue weighted by Crippen LogP contribution is -2.42. The van der Waals surface area contributed by atoms with Gasteiger partial charge in [0.2, 0.25) is 0 Å². The van der Waals surface area contributed by atoms with Crippen molar-refractivity contribution in [2.24, 2.45) is 0 Å². The smallest absolute Gasteiger partial charge is 0.407 e. The SMILES string of the molecule is CC(O)(C#CCCc1ccccc1)CNC(=O)OC(C)(C)C. The predicted molar refractivity (Wildman–Crippen MR) is 87.4 cm³/mol. The second-order valence-corrected chi connectivity index (χ2v) is 6.42. The van der Waals surface area contributed by atoms with Gasteiger partial charge in [0.25, 0.3) is 0 Å². The lowest BCUT2D eigenvalue weighted by molar-refractivity contribution is 0.0457. The largest absolute Gasteiger partial charge is 0.444 e. The number of ether oxygens (including phenoxy) is 1. The van der Waals surface area contributed by atoms with Crippen LogP contribution in [-0.4, -0.2) is 28.9 Å². The van der Waals surface area contributed by atoms with E-state index in [4.69, 9.17) is 4.74 Å². The molecular formula is C18H25NO3. The van der Waals surface area contributed by atoms with Crippen molar-refractivity contribution in [1.82, 2.24) is 5.32 Å². The van der Waals surface area contributed by atoms with Crippen molar-refractivity contribution in [1.29, 1.82) is 0 Å². The molecule has 1 amide bonds. The van der Waals surface area contributed by atoms with E-state index in [9.17, 15) is 9.90 Å². The fourth-order valence-corrected chi connectivity index (χ4v) is 1.71. The molecule has 0 saturated heterocycles. The molecule has 1 unspecified atom stereocenters. The van der Waals surface area contributed by atoms with E-state index in [1.807, 2.05) is 30.3 Å². The molecule has 0 aliphatic heterocycles. The number of rotatable bonds is 4. The van der Waals surface area contributed by atoms with Gasteiger partial charge in [-0.25, -0.2) is 4.79 Å². The van der Waals surface area contributed by atoms with E-state index in [0.717, 1.165) is 6.42 Å². The molecule has 4 heteroatoms. The van der Waals surface area contributed by atoms with Crippen LogP contribution < -0.4 is 5.32 Å². The molecule has 0 fully saturated rings. The molecule has 2 N–H and O–H groups in total. The first-order chi connectivity index (χ1) is 10.2. The number of alkyl carbamates (subject to hydrolysis) is 1. The van der Waals surface area contributed by atoms with Crippen LogP contribution in [0.3, 0.4) is 0 Å². The van der Waals surface area contributed by atoms with Crippen molar-refractivity contribution >= 4 is 6.09 Å². The van der Waals surface area contributed by atoms with Crippen LogP contribution >= 0.6 is 0 Å². The monoisotopic (exact) mass is 303 g/mol. The number of carbonyl (C=O) groups excluding carboxylic acids is 1. The number of aryl methyl sites for hydroxylation is 1. The zero-order valence-corrected chi connectivity index (χ0v) is 13.8. The standard InChI is InChI=1S/C18H25NO3/c1-17(2,3)22-16(20)19-14-18(4,21)13-9-8-12-15-10-6-5-7-11-15/h5-7,10-11,21H,8,12,14H2,1-4H3,(H,19,20). The zero-order valence-electron chi connectivity index (χ0n) is 13.8. The number of amides is 1. The topological polar surface area (TPSA) is 58.6 Å². The summed E-state index contributed by atoms with van der Waals surface area (Å²) in [5.41, 5.74) is -0.617. The Morgan fingerprint density at radius 1 is 1.23 bits per heavy atom. The third-order valence-corrected chi connectivity index (χ3v) is 2.72. The summed E-state index contributed by atoms with van der Waals surface area (Å²) in [6.45, 7) is 6.95. The van der Waals surface area contributed by atoms with Crippen LogP contribution in [0.25, 0.3) is 0 Å². The summed E-state index contributed by atoms with van der Waals surface area (Å²) < 4.78 is 5.11. The van der Waals surface area contributed by atoms with Gasteiger partial charge in [0.15, 0.2) is 0 Å². The fourth-order valence-electron chi connectivity index (χ4n) is 1.71. The van der Waals surface area contributed by atoms with Crippen LogP contribution in [0, 0.1) is 11.8 Å². The molecule has 120 valence electrons. The van der Waals surface area contributed by atoms with E-state index in [1.165, 1.54) is 5.56 Å². The summed E-state index contributed by atoms with van der Waals surface area (Å²) >= 11 is 0. The summed E-state index contributed by atoms with van der Waals surface area (Å²) in [4.78, 5) is 11.5. The molecule has 0 radical (unpaired) electrons. The lowest BCUT2D eigenvalue weighted by atomic mass is 10.1. The molecule has 0 aliphatic carbocycles. The molecular weight excluding hydrogens is 278 g/mol. The van der Waals surface area contributed by atoms with Crippen LogP contribution in [0.4, 0.5) is 4.79 Å². The molecule has 0 spiro atoms. The molecule has 0 aliphatic rings. The Morgan fingerprint density at radius 2 is 1.86 bits per heavy atom. The van der Waals surface area contributed by atoms with E-state index in [1.54, 1.807) is 27.7 Å². The first kappa shape index (κ1) is 18.1. The summed E-state index contributed by atoms with van der Waals surface area (Å²) in [6, 6.07) is 10.0. The first-order valence-electron chi connectivity index (χ1n) is 7.41. The Labute approximate surface area is 132 Å². The van der Waals surface area contributed by atoms with Crippen molar-refractivity contribution in [2.75, 3.05) is 6.54 Å². The van der Waals surface area contributed by atoms with Crippen LogP contribution in [0.15, 0.2) is 30.3 Å². The molecule has 0 heterocycles. The van der Waals surface area contributed by atoms with Gasteiger partial charge in [0.05, 0.1) is 6.54 Å². The average Bonchev–Trinajstić information content (AvgIpc) is 2.41. The van der Waals surface area contributed by atoms with Crippen LogP contribution in [0.1, 0.15) is 39.7 Å². The average molecular weight is 303 g/mol. The van der Waals surface area contributed by atoms with Crippen molar-refractivity contribution in [2.45, 2.75) is 51.7 Å². The van der Waals surface area contributed by atoms with Crippen LogP contribution in [0.5, 0.6) is 0 Å². The Hall–Kier alpha value is -1.99. The Kier molecular flexibility index (Phi) is 6.45. The molecule has 22 heavy (non-hydrogen) atoms.